The lowest BCUT2D eigenvalue weighted by Crippen LogP contribution is -2.26. The van der Waals surface area contributed by atoms with Gasteiger partial charge in [0.1, 0.15) is 11.0 Å². The number of aromatic nitrogens is 2. The number of unbranched alkanes of at least 4 members (excludes halogenated alkanes) is 6. The van der Waals surface area contributed by atoms with Crippen LogP contribution in [0.3, 0.4) is 0 Å². The first-order valence-corrected chi connectivity index (χ1v) is 18.0. The van der Waals surface area contributed by atoms with E-state index in [2.05, 4.69) is 116 Å². The Labute approximate surface area is 271 Å². The van der Waals surface area contributed by atoms with Crippen molar-refractivity contribution >= 4 is 34.9 Å². The first-order chi connectivity index (χ1) is 21.0. The summed E-state index contributed by atoms with van der Waals surface area (Å²) < 4.78 is 9.41. The summed E-state index contributed by atoms with van der Waals surface area (Å²) in [6, 6.07) is 19.1. The maximum absolute atomic E-state index is 4.72. The second-order valence-electron chi connectivity index (χ2n) is 15.3. The summed E-state index contributed by atoms with van der Waals surface area (Å²) in [4.78, 5) is 0. The van der Waals surface area contributed by atoms with Crippen LogP contribution >= 0.6 is 11.7 Å². The van der Waals surface area contributed by atoms with Crippen molar-refractivity contribution in [3.63, 3.8) is 0 Å². The molecule has 0 spiro atoms. The van der Waals surface area contributed by atoms with Crippen LogP contribution in [0, 0.1) is 0 Å². The van der Waals surface area contributed by atoms with Crippen molar-refractivity contribution in [2.45, 2.75) is 136 Å². The van der Waals surface area contributed by atoms with E-state index >= 15 is 0 Å². The normalized spacial score (nSPS) is 14.5. The Morgan fingerprint density at radius 2 is 1.25 bits per heavy atom. The molecule has 3 aromatic carbocycles. The molecule has 0 bridgehead atoms. The smallest absolute Gasteiger partial charge is 0.112 e. The molecule has 0 atom stereocenters. The van der Waals surface area contributed by atoms with Gasteiger partial charge in [-0.05, 0) is 62.6 Å². The molecule has 5 rings (SSSR count). The Hall–Kier alpha value is -2.78. The highest BCUT2D eigenvalue weighted by Crippen LogP contribution is 2.55. The lowest BCUT2D eigenvalue weighted by atomic mass is 9.69. The molecule has 44 heavy (non-hydrogen) atoms. The maximum Gasteiger partial charge on any atom is 0.112 e. The van der Waals surface area contributed by atoms with Gasteiger partial charge >= 0.3 is 0 Å². The molecule has 1 aromatic heterocycles. The minimum Gasteiger partial charge on any atom is -0.173 e. The third-order valence-electron chi connectivity index (χ3n) is 9.87. The Morgan fingerprint density at radius 3 is 1.86 bits per heavy atom. The van der Waals surface area contributed by atoms with Crippen molar-refractivity contribution < 1.29 is 0 Å². The summed E-state index contributed by atoms with van der Waals surface area (Å²) in [6.07, 6.45) is 17.4. The Balaban J connectivity index is 1.59. The van der Waals surface area contributed by atoms with Crippen molar-refractivity contribution in [3.8, 4) is 11.1 Å². The fourth-order valence-electron chi connectivity index (χ4n) is 7.27. The van der Waals surface area contributed by atoms with Gasteiger partial charge in [-0.3, -0.25) is 0 Å². The molecule has 0 unspecified atom stereocenters. The van der Waals surface area contributed by atoms with E-state index in [1.807, 2.05) is 0 Å². The molecule has 0 radical (unpaired) electrons. The van der Waals surface area contributed by atoms with Crippen LogP contribution in [0.5, 0.6) is 0 Å². The third-order valence-corrected chi connectivity index (χ3v) is 10.4. The third kappa shape index (κ3) is 6.59. The van der Waals surface area contributed by atoms with E-state index in [9.17, 15) is 0 Å². The van der Waals surface area contributed by atoms with E-state index in [0.29, 0.717) is 0 Å². The second kappa shape index (κ2) is 13.3. The predicted molar refractivity (Wildman–Crippen MR) is 194 cm³/mol. The minimum atomic E-state index is 0.0374. The summed E-state index contributed by atoms with van der Waals surface area (Å²) in [5.41, 5.74) is 13.5. The molecular weight excluding hydrogens is 553 g/mol. The Kier molecular flexibility index (Phi) is 9.85. The topological polar surface area (TPSA) is 25.8 Å². The summed E-state index contributed by atoms with van der Waals surface area (Å²) in [5.74, 6) is 0. The number of rotatable bonds is 12. The molecule has 0 saturated heterocycles. The predicted octanol–water partition coefficient (Wildman–Crippen LogP) is 12.7. The van der Waals surface area contributed by atoms with Crippen LogP contribution in [0.4, 0.5) is 0 Å². The average molecular weight is 607 g/mol. The van der Waals surface area contributed by atoms with Gasteiger partial charge in [0, 0.05) is 11.0 Å². The molecule has 0 amide bonds. The van der Waals surface area contributed by atoms with Gasteiger partial charge in [-0.2, -0.15) is 8.75 Å². The van der Waals surface area contributed by atoms with E-state index in [0.717, 1.165) is 16.6 Å². The fraction of sp³-hybridized carbons (Fsp3) is 0.512. The van der Waals surface area contributed by atoms with Gasteiger partial charge in [-0.15, -0.1) is 0 Å². The van der Waals surface area contributed by atoms with Crippen LogP contribution in [-0.2, 0) is 16.2 Å². The molecule has 1 heterocycles. The summed E-state index contributed by atoms with van der Waals surface area (Å²) >= 11 is 1.32. The van der Waals surface area contributed by atoms with Crippen LogP contribution in [-0.4, -0.2) is 8.75 Å². The highest BCUT2D eigenvalue weighted by molar-refractivity contribution is 7.00. The van der Waals surface area contributed by atoms with Gasteiger partial charge in [-0.1, -0.05) is 167 Å². The number of fused-ring (bicyclic) bond motifs is 4. The molecule has 2 nitrogen and oxygen atoms in total. The van der Waals surface area contributed by atoms with Crippen LogP contribution in [0.25, 0.3) is 34.3 Å². The number of nitrogens with zero attached hydrogens (tertiary/aromatic N) is 2. The van der Waals surface area contributed by atoms with Gasteiger partial charge in [0.25, 0.3) is 0 Å². The van der Waals surface area contributed by atoms with Crippen molar-refractivity contribution in [3.05, 3.63) is 81.9 Å². The highest BCUT2D eigenvalue weighted by Gasteiger charge is 2.42. The molecule has 234 valence electrons. The first kappa shape index (κ1) is 32.6. The lowest BCUT2D eigenvalue weighted by molar-refractivity contribution is 0.400. The molecule has 3 heteroatoms. The zero-order valence-corrected chi connectivity index (χ0v) is 29.5. The molecule has 1 aliphatic rings. The van der Waals surface area contributed by atoms with Crippen LogP contribution < -0.4 is 0 Å². The number of hydrogen-bond acceptors (Lipinski definition) is 3. The summed E-state index contributed by atoms with van der Waals surface area (Å²) in [6.45, 7) is 18.5. The van der Waals surface area contributed by atoms with Gasteiger partial charge in [0.05, 0.1) is 11.7 Å². The molecule has 0 fully saturated rings. The standard InChI is InChI=1S/C41H54N2S/c1-9-11-13-15-25-41(26-16-14-12-10-2)35-27-29(18-22-32(35)33-23-21-31(28-36(33)41)39(3,4)5)17-19-30-20-24-34(40(6,7)8)38-37(30)42-44-43-38/h17-24,27-28H,9-16,25-26H2,1-8H3/b19-17+. The molecule has 0 saturated carbocycles. The summed E-state index contributed by atoms with van der Waals surface area (Å²) in [7, 11) is 0. The maximum atomic E-state index is 4.72. The van der Waals surface area contributed by atoms with E-state index in [1.165, 1.54) is 104 Å². The molecular formula is C41H54N2S. The number of hydrogen-bond donors (Lipinski definition) is 0. The van der Waals surface area contributed by atoms with Crippen molar-refractivity contribution in [2.24, 2.45) is 0 Å². The Bertz CT molecular complexity index is 1600. The van der Waals surface area contributed by atoms with Crippen molar-refractivity contribution in [2.75, 3.05) is 0 Å². The molecule has 0 aliphatic heterocycles. The van der Waals surface area contributed by atoms with E-state index < -0.39 is 0 Å². The SMILES string of the molecule is CCCCCCC1(CCCCCC)c2cc(/C=C/c3ccc(C(C)(C)C)c4nsnc34)ccc2-c2ccc(C(C)(C)C)cc21. The zero-order valence-electron chi connectivity index (χ0n) is 28.6. The van der Waals surface area contributed by atoms with E-state index in [-0.39, 0.29) is 16.2 Å². The largest absolute Gasteiger partial charge is 0.173 e. The summed E-state index contributed by atoms with van der Waals surface area (Å²) in [5, 5.41) is 0. The molecule has 1 aliphatic carbocycles. The van der Waals surface area contributed by atoms with Gasteiger partial charge in [-0.25, -0.2) is 0 Å². The van der Waals surface area contributed by atoms with Crippen molar-refractivity contribution in [1.29, 1.82) is 0 Å². The monoisotopic (exact) mass is 606 g/mol. The van der Waals surface area contributed by atoms with Crippen LogP contribution in [0.1, 0.15) is 153 Å². The van der Waals surface area contributed by atoms with Crippen molar-refractivity contribution in [1.82, 2.24) is 8.75 Å². The first-order valence-electron chi connectivity index (χ1n) is 17.2. The van der Waals surface area contributed by atoms with Gasteiger partial charge in [0.15, 0.2) is 0 Å². The Morgan fingerprint density at radius 1 is 0.636 bits per heavy atom. The quantitative estimate of drug-likeness (QED) is 0.118. The average Bonchev–Trinajstić information content (AvgIpc) is 3.57. The van der Waals surface area contributed by atoms with Crippen LogP contribution in [0.2, 0.25) is 0 Å². The second-order valence-corrected chi connectivity index (χ2v) is 15.8. The van der Waals surface area contributed by atoms with E-state index in [1.54, 1.807) is 11.1 Å². The van der Waals surface area contributed by atoms with Crippen LogP contribution in [0.15, 0.2) is 48.5 Å². The van der Waals surface area contributed by atoms with Gasteiger partial charge in [0.2, 0.25) is 0 Å². The fourth-order valence-corrected chi connectivity index (χ4v) is 7.85. The minimum absolute atomic E-state index is 0.0374. The molecule has 0 N–H and O–H groups in total. The van der Waals surface area contributed by atoms with Gasteiger partial charge < -0.3 is 0 Å². The highest BCUT2D eigenvalue weighted by atomic mass is 32.1. The zero-order chi connectivity index (χ0) is 31.5. The lowest BCUT2D eigenvalue weighted by Gasteiger charge is -2.34. The molecule has 4 aromatic rings. The van der Waals surface area contributed by atoms with E-state index in [4.69, 9.17) is 8.75 Å². The number of benzene rings is 3.